The fourth-order valence-electron chi connectivity index (χ4n) is 0.851. The molecule has 1 spiro atoms. The van der Waals surface area contributed by atoms with Gasteiger partial charge in [0, 0.05) is 12.4 Å². The quantitative estimate of drug-likeness (QED) is 0.542. The third kappa shape index (κ3) is 0.685. The van der Waals surface area contributed by atoms with Crippen LogP contribution in [0.2, 0.25) is 0 Å². The van der Waals surface area contributed by atoms with Crippen LogP contribution in [0.5, 0.6) is 0 Å². The number of thioether (sulfide) groups is 1. The molecule has 0 amide bonds. The van der Waals surface area contributed by atoms with E-state index in [-0.39, 0.29) is 4.99 Å². The van der Waals surface area contributed by atoms with Gasteiger partial charge in [-0.25, -0.2) is 0 Å². The van der Waals surface area contributed by atoms with Gasteiger partial charge in [-0.3, -0.25) is 4.99 Å². The molecule has 46 valence electrons. The van der Waals surface area contributed by atoms with Gasteiger partial charge in [0.05, 0.1) is 0 Å². The second-order valence-electron chi connectivity index (χ2n) is 1.90. The Balaban J connectivity index is 2.27. The summed E-state index contributed by atoms with van der Waals surface area (Å²) in [4.78, 5) is 4.05. The van der Waals surface area contributed by atoms with Gasteiger partial charge in [0.15, 0.2) is 0 Å². The predicted octanol–water partition coefficient (Wildman–Crippen LogP) is 1.09. The largest absolute Gasteiger partial charge is 0.355 e. The average Bonchev–Trinajstić information content (AvgIpc) is 2.45. The molecule has 1 N–H and O–H groups in total. The average molecular weight is 138 g/mol. The first-order chi connectivity index (χ1) is 4.41. The number of aliphatic imine (C=N–C) groups is 1. The van der Waals surface area contributed by atoms with Crippen LogP contribution < -0.4 is 5.32 Å². The molecular formula is C6H6N2S. The summed E-state index contributed by atoms with van der Waals surface area (Å²) in [6.45, 7) is 0. The van der Waals surface area contributed by atoms with Crippen molar-refractivity contribution in [2.24, 2.45) is 4.99 Å². The smallest absolute Gasteiger partial charge is 0.200 e. The number of rotatable bonds is 0. The fraction of sp³-hybridized carbons (Fsp3) is 0.167. The van der Waals surface area contributed by atoms with Crippen molar-refractivity contribution in [3.63, 3.8) is 0 Å². The molecule has 2 rings (SSSR count). The zero-order chi connectivity index (χ0) is 6.16. The molecule has 2 heterocycles. The van der Waals surface area contributed by atoms with Crippen molar-refractivity contribution in [3.05, 3.63) is 23.8 Å². The molecule has 2 aliphatic heterocycles. The summed E-state index contributed by atoms with van der Waals surface area (Å²) in [7, 11) is 0. The molecule has 9 heavy (non-hydrogen) atoms. The lowest BCUT2D eigenvalue weighted by molar-refractivity contribution is 0.702. The summed E-state index contributed by atoms with van der Waals surface area (Å²) in [6.07, 6.45) is 7.72. The third-order valence-electron chi connectivity index (χ3n) is 1.28. The molecule has 0 fully saturated rings. The Kier molecular flexibility index (Phi) is 0.931. The van der Waals surface area contributed by atoms with E-state index in [1.165, 1.54) is 0 Å². The summed E-state index contributed by atoms with van der Waals surface area (Å²) in [5.74, 6) is 0. The summed E-state index contributed by atoms with van der Waals surface area (Å²) in [6, 6.07) is 0. The summed E-state index contributed by atoms with van der Waals surface area (Å²) in [5, 5.41) is 5.14. The first-order valence-electron chi connectivity index (χ1n) is 2.75. The maximum absolute atomic E-state index is 4.22. The van der Waals surface area contributed by atoms with Gasteiger partial charge in [-0.2, -0.15) is 0 Å². The van der Waals surface area contributed by atoms with Crippen LogP contribution in [0.3, 0.4) is 0 Å². The van der Waals surface area contributed by atoms with Crippen LogP contribution in [0.4, 0.5) is 0 Å². The van der Waals surface area contributed by atoms with Crippen molar-refractivity contribution in [1.29, 1.82) is 0 Å². The molecule has 1 atom stereocenters. The van der Waals surface area contributed by atoms with Gasteiger partial charge in [0.2, 0.25) is 4.99 Å². The van der Waals surface area contributed by atoms with Crippen molar-refractivity contribution in [3.8, 4) is 0 Å². The van der Waals surface area contributed by atoms with Gasteiger partial charge >= 0.3 is 0 Å². The van der Waals surface area contributed by atoms with E-state index in [1.807, 2.05) is 30.0 Å². The zero-order valence-corrected chi connectivity index (χ0v) is 5.56. The van der Waals surface area contributed by atoms with Gasteiger partial charge in [-0.15, -0.1) is 0 Å². The Bertz CT molecular complexity index is 183. The molecule has 3 heteroatoms. The minimum Gasteiger partial charge on any atom is -0.355 e. The SMILES string of the molecule is C1=CC2(N=C1)NC=CS2. The lowest BCUT2D eigenvalue weighted by Gasteiger charge is -2.15. The maximum Gasteiger partial charge on any atom is 0.200 e. The van der Waals surface area contributed by atoms with Crippen molar-refractivity contribution in [2.75, 3.05) is 0 Å². The second-order valence-corrected chi connectivity index (χ2v) is 3.03. The highest BCUT2D eigenvalue weighted by molar-refractivity contribution is 8.03. The Morgan fingerprint density at radius 1 is 1.56 bits per heavy atom. The van der Waals surface area contributed by atoms with Crippen molar-refractivity contribution < 1.29 is 0 Å². The van der Waals surface area contributed by atoms with E-state index < -0.39 is 0 Å². The molecule has 0 aliphatic carbocycles. The molecule has 0 aromatic carbocycles. The predicted molar refractivity (Wildman–Crippen MR) is 40.2 cm³/mol. The van der Waals surface area contributed by atoms with Crippen LogP contribution >= 0.6 is 11.8 Å². The van der Waals surface area contributed by atoms with E-state index in [4.69, 9.17) is 0 Å². The lowest BCUT2D eigenvalue weighted by atomic mass is 10.5. The highest BCUT2D eigenvalue weighted by Crippen LogP contribution is 2.32. The summed E-state index contributed by atoms with van der Waals surface area (Å²) in [5.41, 5.74) is 0. The second kappa shape index (κ2) is 1.64. The Hall–Kier alpha value is -0.700. The Morgan fingerprint density at radius 3 is 3.11 bits per heavy atom. The summed E-state index contributed by atoms with van der Waals surface area (Å²) < 4.78 is 0. The van der Waals surface area contributed by atoms with Crippen molar-refractivity contribution in [1.82, 2.24) is 5.32 Å². The Labute approximate surface area is 57.7 Å². The summed E-state index contributed by atoms with van der Waals surface area (Å²) >= 11 is 1.68. The van der Waals surface area contributed by atoms with E-state index in [9.17, 15) is 0 Å². The molecule has 0 bridgehead atoms. The number of hydrogen-bond donors (Lipinski definition) is 1. The monoisotopic (exact) mass is 138 g/mol. The van der Waals surface area contributed by atoms with Gasteiger partial charge in [-0.1, -0.05) is 11.8 Å². The van der Waals surface area contributed by atoms with Crippen molar-refractivity contribution >= 4 is 18.0 Å². The molecule has 2 nitrogen and oxygen atoms in total. The molecule has 0 aromatic rings. The Morgan fingerprint density at radius 2 is 2.56 bits per heavy atom. The highest BCUT2D eigenvalue weighted by atomic mass is 32.2. The molecule has 0 saturated heterocycles. The zero-order valence-electron chi connectivity index (χ0n) is 4.74. The molecule has 0 radical (unpaired) electrons. The van der Waals surface area contributed by atoms with E-state index in [1.54, 1.807) is 11.8 Å². The minimum absolute atomic E-state index is 0.167. The maximum atomic E-state index is 4.22. The number of allylic oxidation sites excluding steroid dienone is 1. The standard InChI is InChI=1S/C6H6N2S/c1-2-6(7-3-1)8-4-5-9-6/h1-5,8H. The van der Waals surface area contributed by atoms with Gasteiger partial charge in [0.1, 0.15) is 0 Å². The van der Waals surface area contributed by atoms with Crippen LogP contribution in [-0.4, -0.2) is 11.2 Å². The molecule has 1 unspecified atom stereocenters. The number of nitrogens with one attached hydrogen (secondary N) is 1. The molecule has 0 aromatic heterocycles. The van der Waals surface area contributed by atoms with E-state index >= 15 is 0 Å². The van der Waals surface area contributed by atoms with Crippen LogP contribution in [0.25, 0.3) is 0 Å². The normalized spacial score (nSPS) is 36.4. The van der Waals surface area contributed by atoms with Crippen LogP contribution in [0.15, 0.2) is 28.8 Å². The molecule has 0 saturated carbocycles. The van der Waals surface area contributed by atoms with Crippen LogP contribution in [0, 0.1) is 0 Å². The number of hydrogen-bond acceptors (Lipinski definition) is 3. The molecule has 2 aliphatic rings. The van der Waals surface area contributed by atoms with Crippen LogP contribution in [0.1, 0.15) is 0 Å². The van der Waals surface area contributed by atoms with Gasteiger partial charge < -0.3 is 5.32 Å². The van der Waals surface area contributed by atoms with Crippen LogP contribution in [-0.2, 0) is 0 Å². The van der Waals surface area contributed by atoms with Gasteiger partial charge in [-0.05, 0) is 17.6 Å². The van der Waals surface area contributed by atoms with E-state index in [0.29, 0.717) is 0 Å². The first-order valence-corrected chi connectivity index (χ1v) is 3.63. The molecular weight excluding hydrogens is 132 g/mol. The topological polar surface area (TPSA) is 24.4 Å². The highest BCUT2D eigenvalue weighted by Gasteiger charge is 2.28. The van der Waals surface area contributed by atoms with Crippen molar-refractivity contribution in [2.45, 2.75) is 4.99 Å². The third-order valence-corrected chi connectivity index (χ3v) is 2.27. The lowest BCUT2D eigenvalue weighted by Crippen LogP contribution is -2.28. The fourth-order valence-corrected chi connectivity index (χ4v) is 1.61. The minimum atomic E-state index is -0.167. The van der Waals surface area contributed by atoms with E-state index in [0.717, 1.165) is 0 Å². The first kappa shape index (κ1) is 5.11. The number of nitrogens with zero attached hydrogens (tertiary/aromatic N) is 1. The van der Waals surface area contributed by atoms with E-state index in [2.05, 4.69) is 10.3 Å². The van der Waals surface area contributed by atoms with Gasteiger partial charge in [0.25, 0.3) is 0 Å².